The minimum Gasteiger partial charge on any atom is -0.438 e. The summed E-state index contributed by atoms with van der Waals surface area (Å²) in [4.78, 5) is 4.29. The van der Waals surface area contributed by atoms with Gasteiger partial charge in [-0.3, -0.25) is 0 Å². The quantitative estimate of drug-likeness (QED) is 0.845. The first-order valence-electron chi connectivity index (χ1n) is 5.53. The molecule has 19 heavy (non-hydrogen) atoms. The Morgan fingerprint density at radius 1 is 1.42 bits per heavy atom. The first kappa shape index (κ1) is 14.2. The van der Waals surface area contributed by atoms with Gasteiger partial charge >= 0.3 is 0 Å². The van der Waals surface area contributed by atoms with Gasteiger partial charge in [0.1, 0.15) is 11.6 Å². The van der Waals surface area contributed by atoms with Crippen LogP contribution in [0.15, 0.2) is 34.8 Å². The zero-order valence-corrected chi connectivity index (χ0v) is 12.4. The molecule has 0 saturated carbocycles. The summed E-state index contributed by atoms with van der Waals surface area (Å²) in [5, 5.41) is 3.04. The van der Waals surface area contributed by atoms with Gasteiger partial charge in [-0.15, -0.1) is 0 Å². The van der Waals surface area contributed by atoms with E-state index in [0.29, 0.717) is 22.6 Å². The monoisotopic (exact) mass is 344 g/mol. The number of nitrogens with zero attached hydrogens (tertiary/aromatic N) is 1. The highest BCUT2D eigenvalue weighted by Gasteiger charge is 2.09. The van der Waals surface area contributed by atoms with Crippen LogP contribution in [0, 0.1) is 5.82 Å². The fourth-order valence-corrected chi connectivity index (χ4v) is 2.21. The van der Waals surface area contributed by atoms with Gasteiger partial charge in [0.05, 0.1) is 15.2 Å². The summed E-state index contributed by atoms with van der Waals surface area (Å²) in [7, 11) is 1.83. The summed E-state index contributed by atoms with van der Waals surface area (Å²) in [5.74, 6) is 0.192. The maximum absolute atomic E-state index is 13.4. The molecule has 0 unspecified atom stereocenters. The highest BCUT2D eigenvalue weighted by atomic mass is 79.9. The zero-order valence-electron chi connectivity index (χ0n) is 10.1. The van der Waals surface area contributed by atoms with Crippen molar-refractivity contribution in [2.24, 2.45) is 0 Å². The highest BCUT2D eigenvalue weighted by molar-refractivity contribution is 9.10. The summed E-state index contributed by atoms with van der Waals surface area (Å²) in [6.07, 6.45) is 0. The van der Waals surface area contributed by atoms with E-state index in [-0.39, 0.29) is 5.02 Å². The van der Waals surface area contributed by atoms with E-state index in [1.165, 1.54) is 12.1 Å². The molecular formula is C13H11BrClFN2O. The number of ether oxygens (including phenoxy) is 1. The molecule has 0 aliphatic rings. The largest absolute Gasteiger partial charge is 0.438 e. The third kappa shape index (κ3) is 3.65. The second-order valence-corrected chi connectivity index (χ2v) is 5.06. The molecule has 0 saturated heterocycles. The van der Waals surface area contributed by atoms with Gasteiger partial charge in [-0.1, -0.05) is 17.7 Å². The zero-order chi connectivity index (χ0) is 13.8. The third-order valence-electron chi connectivity index (χ3n) is 2.33. The number of aromatic nitrogens is 1. The number of hydrogen-bond donors (Lipinski definition) is 1. The van der Waals surface area contributed by atoms with Gasteiger partial charge in [-0.05, 0) is 35.1 Å². The first-order valence-corrected chi connectivity index (χ1v) is 6.70. The molecular weight excluding hydrogens is 335 g/mol. The second-order valence-electron chi connectivity index (χ2n) is 3.80. The van der Waals surface area contributed by atoms with Gasteiger partial charge in [0.25, 0.3) is 0 Å². The molecule has 0 aliphatic carbocycles. The van der Waals surface area contributed by atoms with Crippen molar-refractivity contribution in [3.8, 4) is 11.6 Å². The van der Waals surface area contributed by atoms with Crippen LogP contribution in [0.1, 0.15) is 5.69 Å². The molecule has 2 rings (SSSR count). The summed E-state index contributed by atoms with van der Waals surface area (Å²) in [6.45, 7) is 0.632. The predicted molar refractivity (Wildman–Crippen MR) is 76.2 cm³/mol. The number of nitrogens with one attached hydrogen (secondary N) is 1. The van der Waals surface area contributed by atoms with Crippen LogP contribution in [-0.4, -0.2) is 12.0 Å². The molecule has 0 fully saturated rings. The maximum Gasteiger partial charge on any atom is 0.219 e. The fraction of sp³-hybridized carbons (Fsp3) is 0.154. The number of pyridine rings is 1. The molecule has 1 aromatic heterocycles. The molecule has 0 bridgehead atoms. The Morgan fingerprint density at radius 3 is 2.95 bits per heavy atom. The average Bonchev–Trinajstić information content (AvgIpc) is 2.37. The van der Waals surface area contributed by atoms with Gasteiger partial charge < -0.3 is 10.1 Å². The standard InChI is InChI=1S/C13H11BrClFN2O/c1-17-7-8-3-2-4-13(18-8)19-12-6-11(16)10(15)5-9(12)14/h2-6,17H,7H2,1H3. The van der Waals surface area contributed by atoms with Crippen LogP contribution in [0.25, 0.3) is 0 Å². The Hall–Kier alpha value is -1.17. The van der Waals surface area contributed by atoms with Crippen molar-refractivity contribution in [3.05, 3.63) is 51.3 Å². The summed E-state index contributed by atoms with van der Waals surface area (Å²) in [6, 6.07) is 8.08. The van der Waals surface area contributed by atoms with Crippen LogP contribution in [0.2, 0.25) is 5.02 Å². The van der Waals surface area contributed by atoms with Crippen molar-refractivity contribution in [1.29, 1.82) is 0 Å². The third-order valence-corrected chi connectivity index (χ3v) is 3.24. The van der Waals surface area contributed by atoms with Crippen LogP contribution < -0.4 is 10.1 Å². The van der Waals surface area contributed by atoms with E-state index in [1.807, 2.05) is 19.2 Å². The Balaban J connectivity index is 2.25. The summed E-state index contributed by atoms with van der Waals surface area (Å²) >= 11 is 8.94. The molecule has 0 radical (unpaired) electrons. The lowest BCUT2D eigenvalue weighted by molar-refractivity contribution is 0.452. The Bertz CT molecular complexity index is 595. The molecule has 3 nitrogen and oxygen atoms in total. The van der Waals surface area contributed by atoms with E-state index >= 15 is 0 Å². The molecule has 2 aromatic rings. The molecule has 0 amide bonds. The van der Waals surface area contributed by atoms with Crippen molar-refractivity contribution >= 4 is 27.5 Å². The molecule has 6 heteroatoms. The van der Waals surface area contributed by atoms with Gasteiger partial charge in [0, 0.05) is 18.7 Å². The Kier molecular flexibility index (Phi) is 4.74. The molecule has 0 atom stereocenters. The van der Waals surface area contributed by atoms with E-state index in [2.05, 4.69) is 26.2 Å². The van der Waals surface area contributed by atoms with Gasteiger partial charge in [0.15, 0.2) is 0 Å². The number of hydrogen-bond acceptors (Lipinski definition) is 3. The number of halogens is 3. The van der Waals surface area contributed by atoms with Crippen molar-refractivity contribution < 1.29 is 9.13 Å². The minimum atomic E-state index is -0.536. The first-order chi connectivity index (χ1) is 9.10. The van der Waals surface area contributed by atoms with Crippen LogP contribution in [0.3, 0.4) is 0 Å². The maximum atomic E-state index is 13.4. The Labute approximate surface area is 123 Å². The molecule has 1 aromatic carbocycles. The molecule has 1 N–H and O–H groups in total. The normalized spacial score (nSPS) is 10.5. The molecule has 0 aliphatic heterocycles. The lowest BCUT2D eigenvalue weighted by Crippen LogP contribution is -2.06. The fourth-order valence-electron chi connectivity index (χ4n) is 1.49. The minimum absolute atomic E-state index is 0.0381. The number of rotatable bonds is 4. The van der Waals surface area contributed by atoms with Gasteiger partial charge in [-0.25, -0.2) is 9.37 Å². The SMILES string of the molecule is CNCc1cccc(Oc2cc(F)c(Cl)cc2Br)n1. The second kappa shape index (κ2) is 6.32. The summed E-state index contributed by atoms with van der Waals surface area (Å²) in [5.41, 5.74) is 0.838. The lowest BCUT2D eigenvalue weighted by atomic mass is 10.3. The van der Waals surface area contributed by atoms with Crippen molar-refractivity contribution in [3.63, 3.8) is 0 Å². The van der Waals surface area contributed by atoms with Crippen LogP contribution in [0.4, 0.5) is 4.39 Å². The van der Waals surface area contributed by atoms with Gasteiger partial charge in [0.2, 0.25) is 5.88 Å². The highest BCUT2D eigenvalue weighted by Crippen LogP contribution is 2.33. The summed E-state index contributed by atoms with van der Waals surface area (Å²) < 4.78 is 19.5. The lowest BCUT2D eigenvalue weighted by Gasteiger charge is -2.09. The number of benzene rings is 1. The van der Waals surface area contributed by atoms with E-state index in [0.717, 1.165) is 5.69 Å². The Morgan fingerprint density at radius 2 is 2.21 bits per heavy atom. The smallest absolute Gasteiger partial charge is 0.219 e. The van der Waals surface area contributed by atoms with Crippen molar-refractivity contribution in [2.75, 3.05) is 7.05 Å². The molecule has 100 valence electrons. The van der Waals surface area contributed by atoms with E-state index in [4.69, 9.17) is 16.3 Å². The van der Waals surface area contributed by atoms with E-state index in [9.17, 15) is 4.39 Å². The predicted octanol–water partition coefficient (Wildman–Crippen LogP) is 4.15. The topological polar surface area (TPSA) is 34.1 Å². The average molecular weight is 346 g/mol. The van der Waals surface area contributed by atoms with Crippen LogP contribution in [0.5, 0.6) is 11.6 Å². The molecule has 0 spiro atoms. The van der Waals surface area contributed by atoms with Crippen molar-refractivity contribution in [2.45, 2.75) is 6.54 Å². The van der Waals surface area contributed by atoms with Crippen molar-refractivity contribution in [1.82, 2.24) is 10.3 Å². The van der Waals surface area contributed by atoms with Gasteiger partial charge in [-0.2, -0.15) is 0 Å². The van der Waals surface area contributed by atoms with E-state index < -0.39 is 5.82 Å². The van der Waals surface area contributed by atoms with E-state index in [1.54, 1.807) is 6.07 Å². The molecule has 1 heterocycles. The van der Waals surface area contributed by atoms with Crippen LogP contribution in [-0.2, 0) is 6.54 Å². The van der Waals surface area contributed by atoms with Crippen LogP contribution >= 0.6 is 27.5 Å².